The number of nitrogens with zero attached hydrogens (tertiary/aromatic N) is 2. The van der Waals surface area contributed by atoms with Crippen LogP contribution in [0.3, 0.4) is 0 Å². The average Bonchev–Trinajstić information content (AvgIpc) is 3.04. The number of rotatable bonds is 2. The van der Waals surface area contributed by atoms with Crippen molar-refractivity contribution < 1.29 is 4.79 Å². The second kappa shape index (κ2) is 6.11. The fraction of sp³-hybridized carbons (Fsp3) is 0.385. The molecule has 1 aromatic carbocycles. The minimum Gasteiger partial charge on any atom is -0.337 e. The molecule has 1 aliphatic rings. The number of hydrogen-bond donors (Lipinski definition) is 2. The van der Waals surface area contributed by atoms with Gasteiger partial charge in [-0.15, -0.1) is 12.4 Å². The van der Waals surface area contributed by atoms with E-state index in [1.807, 2.05) is 23.1 Å². The van der Waals surface area contributed by atoms with Crippen molar-refractivity contribution in [2.24, 2.45) is 11.7 Å². The molecule has 1 aromatic heterocycles. The lowest BCUT2D eigenvalue weighted by Gasteiger charge is -2.14. The van der Waals surface area contributed by atoms with E-state index in [9.17, 15) is 4.79 Å². The summed E-state index contributed by atoms with van der Waals surface area (Å²) in [6.45, 7) is 2.14. The van der Waals surface area contributed by atoms with E-state index in [-0.39, 0.29) is 18.3 Å². The molecule has 3 N–H and O–H groups in total. The summed E-state index contributed by atoms with van der Waals surface area (Å²) in [5, 5.41) is 7.92. The van der Waals surface area contributed by atoms with E-state index in [0.717, 1.165) is 34.9 Å². The van der Waals surface area contributed by atoms with Gasteiger partial charge in [-0.3, -0.25) is 9.89 Å². The van der Waals surface area contributed by atoms with E-state index >= 15 is 0 Å². The van der Waals surface area contributed by atoms with Gasteiger partial charge in [0.1, 0.15) is 0 Å². The third kappa shape index (κ3) is 2.68. The molecule has 7 heteroatoms. The van der Waals surface area contributed by atoms with Crippen molar-refractivity contribution in [3.8, 4) is 0 Å². The predicted octanol–water partition coefficient (Wildman–Crippen LogP) is 2.17. The quantitative estimate of drug-likeness (QED) is 0.863. The first kappa shape index (κ1) is 15.3. The number of carbonyl (C=O) groups excluding carboxylic acids is 1. The minimum absolute atomic E-state index is 0. The molecule has 108 valence electrons. The number of benzene rings is 1. The smallest absolute Gasteiger partial charge is 0.275 e. The molecule has 2 heterocycles. The Labute approximate surface area is 131 Å². The van der Waals surface area contributed by atoms with Crippen LogP contribution in [0, 0.1) is 5.92 Å². The highest BCUT2D eigenvalue weighted by atomic mass is 79.9. The van der Waals surface area contributed by atoms with E-state index in [4.69, 9.17) is 5.73 Å². The maximum Gasteiger partial charge on any atom is 0.275 e. The largest absolute Gasteiger partial charge is 0.337 e. The maximum atomic E-state index is 12.5. The first-order valence-electron chi connectivity index (χ1n) is 6.32. The zero-order valence-corrected chi connectivity index (χ0v) is 13.2. The molecule has 3 rings (SSSR count). The number of H-pyrrole nitrogens is 1. The molecule has 1 saturated heterocycles. The first-order valence-corrected chi connectivity index (χ1v) is 7.11. The van der Waals surface area contributed by atoms with E-state index in [1.54, 1.807) is 0 Å². The Morgan fingerprint density at radius 1 is 1.55 bits per heavy atom. The Bertz CT molecular complexity index is 630. The van der Waals surface area contributed by atoms with Crippen LogP contribution in [-0.2, 0) is 0 Å². The van der Waals surface area contributed by atoms with Crippen LogP contribution in [0.2, 0.25) is 0 Å². The van der Waals surface area contributed by atoms with Gasteiger partial charge in [0, 0.05) is 22.9 Å². The van der Waals surface area contributed by atoms with Crippen molar-refractivity contribution >= 4 is 45.1 Å². The van der Waals surface area contributed by atoms with Crippen LogP contribution in [0.15, 0.2) is 22.7 Å². The SMILES string of the molecule is Cl.NCC1CCN(C(=O)c2n[nH]c3ccc(Br)cc23)C1. The van der Waals surface area contributed by atoms with Crippen molar-refractivity contribution in [3.63, 3.8) is 0 Å². The van der Waals surface area contributed by atoms with Gasteiger partial charge in [-0.2, -0.15) is 5.10 Å². The third-order valence-electron chi connectivity index (χ3n) is 3.63. The maximum absolute atomic E-state index is 12.5. The minimum atomic E-state index is -0.0136. The number of amides is 1. The molecule has 1 fully saturated rings. The van der Waals surface area contributed by atoms with E-state index in [2.05, 4.69) is 26.1 Å². The highest BCUT2D eigenvalue weighted by Crippen LogP contribution is 2.24. The fourth-order valence-electron chi connectivity index (χ4n) is 2.51. The van der Waals surface area contributed by atoms with Gasteiger partial charge in [0.05, 0.1) is 5.52 Å². The molecule has 20 heavy (non-hydrogen) atoms. The summed E-state index contributed by atoms with van der Waals surface area (Å²) < 4.78 is 0.941. The Morgan fingerprint density at radius 2 is 2.35 bits per heavy atom. The van der Waals surface area contributed by atoms with Crippen molar-refractivity contribution in [1.29, 1.82) is 0 Å². The summed E-state index contributed by atoms with van der Waals surface area (Å²) in [6, 6.07) is 5.76. The van der Waals surface area contributed by atoms with Crippen LogP contribution >= 0.6 is 28.3 Å². The topological polar surface area (TPSA) is 75.0 Å². The Balaban J connectivity index is 0.00000147. The van der Waals surface area contributed by atoms with Crippen LogP contribution in [-0.4, -0.2) is 40.6 Å². The molecule has 0 radical (unpaired) electrons. The van der Waals surface area contributed by atoms with Gasteiger partial charge in [0.25, 0.3) is 5.91 Å². The molecule has 0 spiro atoms. The Kier molecular flexibility index (Phi) is 4.67. The standard InChI is InChI=1S/C13H15BrN4O.ClH/c14-9-1-2-11-10(5-9)12(17-16-11)13(19)18-4-3-8(6-15)7-18;/h1-2,5,8H,3-4,6-7,15H2,(H,16,17);1H. The van der Waals surface area contributed by atoms with Gasteiger partial charge >= 0.3 is 0 Å². The predicted molar refractivity (Wildman–Crippen MR) is 84.1 cm³/mol. The van der Waals surface area contributed by atoms with Crippen LogP contribution in [0.5, 0.6) is 0 Å². The molecule has 1 atom stereocenters. The number of fused-ring (bicyclic) bond motifs is 1. The van der Waals surface area contributed by atoms with Gasteiger partial charge in [0.2, 0.25) is 0 Å². The number of aromatic amines is 1. The number of carbonyl (C=O) groups is 1. The second-order valence-electron chi connectivity index (χ2n) is 4.90. The number of aromatic nitrogens is 2. The molecular weight excluding hydrogens is 344 g/mol. The number of halogens is 2. The zero-order chi connectivity index (χ0) is 13.4. The molecule has 1 unspecified atom stereocenters. The molecule has 1 amide bonds. The lowest BCUT2D eigenvalue weighted by atomic mass is 10.1. The summed E-state index contributed by atoms with van der Waals surface area (Å²) >= 11 is 3.42. The molecular formula is C13H16BrClN4O. The molecule has 0 aliphatic carbocycles. The van der Waals surface area contributed by atoms with Gasteiger partial charge in [0.15, 0.2) is 5.69 Å². The highest BCUT2D eigenvalue weighted by molar-refractivity contribution is 9.10. The summed E-state index contributed by atoms with van der Waals surface area (Å²) in [6.07, 6.45) is 0.980. The monoisotopic (exact) mass is 358 g/mol. The summed E-state index contributed by atoms with van der Waals surface area (Å²) in [5.41, 5.74) is 7.03. The Morgan fingerprint density at radius 3 is 3.05 bits per heavy atom. The normalized spacial score (nSPS) is 18.3. The molecule has 2 aromatic rings. The van der Waals surface area contributed by atoms with Crippen molar-refractivity contribution in [2.75, 3.05) is 19.6 Å². The number of likely N-dealkylation sites (tertiary alicyclic amines) is 1. The molecule has 1 aliphatic heterocycles. The van der Waals surface area contributed by atoms with E-state index in [0.29, 0.717) is 18.2 Å². The molecule has 0 saturated carbocycles. The second-order valence-corrected chi connectivity index (χ2v) is 5.82. The van der Waals surface area contributed by atoms with Crippen molar-refractivity contribution in [2.45, 2.75) is 6.42 Å². The zero-order valence-electron chi connectivity index (χ0n) is 10.8. The lowest BCUT2D eigenvalue weighted by molar-refractivity contribution is 0.0783. The summed E-state index contributed by atoms with van der Waals surface area (Å²) in [7, 11) is 0. The first-order chi connectivity index (χ1) is 9.19. The van der Waals surface area contributed by atoms with Crippen molar-refractivity contribution in [3.05, 3.63) is 28.4 Å². The van der Waals surface area contributed by atoms with E-state index in [1.165, 1.54) is 0 Å². The van der Waals surface area contributed by atoms with Crippen LogP contribution in [0.25, 0.3) is 10.9 Å². The van der Waals surface area contributed by atoms with Crippen LogP contribution < -0.4 is 5.73 Å². The highest BCUT2D eigenvalue weighted by Gasteiger charge is 2.28. The summed E-state index contributed by atoms with van der Waals surface area (Å²) in [4.78, 5) is 14.3. The number of nitrogens with one attached hydrogen (secondary N) is 1. The molecule has 5 nitrogen and oxygen atoms in total. The van der Waals surface area contributed by atoms with Crippen LogP contribution in [0.4, 0.5) is 0 Å². The third-order valence-corrected chi connectivity index (χ3v) is 4.13. The van der Waals surface area contributed by atoms with Gasteiger partial charge in [-0.25, -0.2) is 0 Å². The summed E-state index contributed by atoms with van der Waals surface area (Å²) in [5.74, 6) is 0.404. The number of hydrogen-bond acceptors (Lipinski definition) is 3. The number of nitrogens with two attached hydrogens (primary N) is 1. The van der Waals surface area contributed by atoms with Gasteiger partial charge in [-0.05, 0) is 37.1 Å². The van der Waals surface area contributed by atoms with Crippen LogP contribution in [0.1, 0.15) is 16.9 Å². The fourth-order valence-corrected chi connectivity index (χ4v) is 2.87. The Hall–Kier alpha value is -1.11. The lowest BCUT2D eigenvalue weighted by Crippen LogP contribution is -2.30. The van der Waals surface area contributed by atoms with E-state index < -0.39 is 0 Å². The molecule has 0 bridgehead atoms. The van der Waals surface area contributed by atoms with Gasteiger partial charge in [-0.1, -0.05) is 15.9 Å². The van der Waals surface area contributed by atoms with Gasteiger partial charge < -0.3 is 10.6 Å². The van der Waals surface area contributed by atoms with Crippen molar-refractivity contribution in [1.82, 2.24) is 15.1 Å². The average molecular weight is 360 g/mol.